The average Bonchev–Trinajstić information content (AvgIpc) is 2.77. The molecule has 0 aliphatic rings. The molecule has 3 aromatic rings. The molecule has 0 aliphatic heterocycles. The summed E-state index contributed by atoms with van der Waals surface area (Å²) in [7, 11) is 0. The minimum atomic E-state index is 0.731. The minimum Gasteiger partial charge on any atom is -0.398 e. The first-order chi connectivity index (χ1) is 9.19. The number of hydrogen-bond donors (Lipinski definition) is 1. The van der Waals surface area contributed by atoms with Crippen LogP contribution in [-0.4, -0.2) is 9.38 Å². The lowest BCUT2D eigenvalue weighted by Gasteiger charge is -2.03. The van der Waals surface area contributed by atoms with Crippen LogP contribution in [-0.2, 0) is 6.42 Å². The molecule has 0 amide bonds. The van der Waals surface area contributed by atoms with E-state index in [4.69, 9.17) is 17.3 Å². The highest BCUT2D eigenvalue weighted by atomic mass is 35.5. The Hall–Kier alpha value is -2.00. The second-order valence-electron chi connectivity index (χ2n) is 4.46. The fourth-order valence-corrected chi connectivity index (χ4v) is 2.41. The Bertz CT molecular complexity index is 729. The third kappa shape index (κ3) is 2.06. The van der Waals surface area contributed by atoms with Gasteiger partial charge in [0.15, 0.2) is 0 Å². The van der Waals surface area contributed by atoms with E-state index in [9.17, 15) is 0 Å². The highest BCUT2D eigenvalue weighted by molar-refractivity contribution is 6.30. The summed E-state index contributed by atoms with van der Waals surface area (Å²) in [5, 5.41) is 0.731. The van der Waals surface area contributed by atoms with Crippen LogP contribution in [0.3, 0.4) is 0 Å². The average molecular weight is 272 g/mol. The van der Waals surface area contributed by atoms with Crippen LogP contribution in [0.5, 0.6) is 0 Å². The molecule has 4 heteroatoms. The van der Waals surface area contributed by atoms with Gasteiger partial charge < -0.3 is 10.1 Å². The Balaban J connectivity index is 2.25. The van der Waals surface area contributed by atoms with Crippen molar-refractivity contribution in [3.8, 4) is 11.3 Å². The number of anilines is 1. The lowest BCUT2D eigenvalue weighted by molar-refractivity contribution is 0.999. The van der Waals surface area contributed by atoms with Crippen molar-refractivity contribution in [1.29, 1.82) is 0 Å². The summed E-state index contributed by atoms with van der Waals surface area (Å²) >= 11 is 5.93. The number of halogens is 1. The number of aryl methyl sites for hydroxylation is 1. The molecule has 1 aromatic carbocycles. The first-order valence-corrected chi connectivity index (χ1v) is 6.59. The highest BCUT2D eigenvalue weighted by Gasteiger charge is 2.12. The van der Waals surface area contributed by atoms with Crippen molar-refractivity contribution in [1.82, 2.24) is 9.38 Å². The molecule has 2 heterocycles. The molecule has 0 bridgehead atoms. The number of nitrogens with zero attached hydrogens (tertiary/aromatic N) is 2. The van der Waals surface area contributed by atoms with E-state index in [0.29, 0.717) is 0 Å². The van der Waals surface area contributed by atoms with Gasteiger partial charge in [-0.15, -0.1) is 0 Å². The normalized spacial score (nSPS) is 11.1. The van der Waals surface area contributed by atoms with Crippen molar-refractivity contribution < 1.29 is 0 Å². The predicted octanol–water partition coefficient (Wildman–Crippen LogP) is 3.80. The zero-order valence-corrected chi connectivity index (χ0v) is 11.4. The first kappa shape index (κ1) is 12.1. The van der Waals surface area contributed by atoms with E-state index in [0.717, 1.165) is 39.7 Å². The van der Waals surface area contributed by atoms with Gasteiger partial charge in [0.1, 0.15) is 5.65 Å². The third-order valence-electron chi connectivity index (χ3n) is 3.19. The van der Waals surface area contributed by atoms with Gasteiger partial charge in [0.2, 0.25) is 0 Å². The van der Waals surface area contributed by atoms with Gasteiger partial charge in [-0.1, -0.05) is 30.7 Å². The van der Waals surface area contributed by atoms with Gasteiger partial charge in [0.05, 0.1) is 11.4 Å². The van der Waals surface area contributed by atoms with Crippen molar-refractivity contribution >= 4 is 22.9 Å². The quantitative estimate of drug-likeness (QED) is 0.770. The van der Waals surface area contributed by atoms with Crippen molar-refractivity contribution in [3.05, 3.63) is 53.3 Å². The summed E-state index contributed by atoms with van der Waals surface area (Å²) < 4.78 is 2.05. The highest BCUT2D eigenvalue weighted by Crippen LogP contribution is 2.26. The molecule has 3 rings (SSSR count). The van der Waals surface area contributed by atoms with Gasteiger partial charge >= 0.3 is 0 Å². The standard InChI is InChI=1S/C15H14ClN3/c1-2-13-15(10-3-5-11(16)6-4-10)18-14-8-7-12(17)9-19(13)14/h3-9H,2,17H2,1H3. The van der Waals surface area contributed by atoms with E-state index in [2.05, 4.69) is 16.3 Å². The number of fused-ring (bicyclic) bond motifs is 1. The molecule has 2 N–H and O–H groups in total. The maximum atomic E-state index is 5.93. The fourth-order valence-electron chi connectivity index (χ4n) is 2.29. The first-order valence-electron chi connectivity index (χ1n) is 6.21. The number of nitrogens with two attached hydrogens (primary N) is 1. The maximum absolute atomic E-state index is 5.93. The van der Waals surface area contributed by atoms with Crippen molar-refractivity contribution in [2.45, 2.75) is 13.3 Å². The minimum absolute atomic E-state index is 0.731. The lowest BCUT2D eigenvalue weighted by Crippen LogP contribution is -1.95. The molecular formula is C15H14ClN3. The Morgan fingerprint density at radius 1 is 1.16 bits per heavy atom. The Kier molecular flexibility index (Phi) is 2.91. The number of pyridine rings is 1. The molecule has 0 saturated heterocycles. The van der Waals surface area contributed by atoms with Crippen LogP contribution in [0.15, 0.2) is 42.6 Å². The van der Waals surface area contributed by atoms with E-state index >= 15 is 0 Å². The van der Waals surface area contributed by atoms with E-state index in [1.54, 1.807) is 0 Å². The molecule has 0 fully saturated rings. The van der Waals surface area contributed by atoms with Crippen molar-refractivity contribution in [2.24, 2.45) is 0 Å². The number of imidazole rings is 1. The van der Waals surface area contributed by atoms with Crippen molar-refractivity contribution in [2.75, 3.05) is 5.73 Å². The second-order valence-corrected chi connectivity index (χ2v) is 4.89. The summed E-state index contributed by atoms with van der Waals surface area (Å²) in [5.41, 5.74) is 10.7. The molecule has 2 aromatic heterocycles. The molecule has 3 nitrogen and oxygen atoms in total. The number of benzene rings is 1. The molecule has 0 radical (unpaired) electrons. The summed E-state index contributed by atoms with van der Waals surface area (Å²) in [5.74, 6) is 0. The zero-order valence-electron chi connectivity index (χ0n) is 10.6. The summed E-state index contributed by atoms with van der Waals surface area (Å²) in [6, 6.07) is 11.6. The van der Waals surface area contributed by atoms with Gasteiger partial charge in [-0.25, -0.2) is 4.98 Å². The van der Waals surface area contributed by atoms with Gasteiger partial charge in [-0.3, -0.25) is 0 Å². The molecule has 96 valence electrons. The third-order valence-corrected chi connectivity index (χ3v) is 3.44. The van der Waals surface area contributed by atoms with Crippen LogP contribution in [0.1, 0.15) is 12.6 Å². The van der Waals surface area contributed by atoms with Crippen LogP contribution in [0.2, 0.25) is 5.02 Å². The number of aromatic nitrogens is 2. The monoisotopic (exact) mass is 271 g/mol. The molecular weight excluding hydrogens is 258 g/mol. The van der Waals surface area contributed by atoms with E-state index in [1.165, 1.54) is 0 Å². The molecule has 0 spiro atoms. The predicted molar refractivity (Wildman–Crippen MR) is 79.4 cm³/mol. The number of nitrogen functional groups attached to an aromatic ring is 1. The molecule has 0 aliphatic carbocycles. The van der Waals surface area contributed by atoms with Crippen LogP contribution in [0.4, 0.5) is 5.69 Å². The van der Waals surface area contributed by atoms with E-state index < -0.39 is 0 Å². The summed E-state index contributed by atoms with van der Waals surface area (Å²) in [6.07, 6.45) is 2.81. The fraction of sp³-hybridized carbons (Fsp3) is 0.133. The zero-order chi connectivity index (χ0) is 13.4. The molecule has 0 saturated carbocycles. The Morgan fingerprint density at radius 2 is 1.89 bits per heavy atom. The van der Waals surface area contributed by atoms with Crippen LogP contribution in [0.25, 0.3) is 16.9 Å². The van der Waals surface area contributed by atoms with Crippen molar-refractivity contribution in [3.63, 3.8) is 0 Å². The van der Waals surface area contributed by atoms with Crippen LogP contribution in [0, 0.1) is 0 Å². The van der Waals surface area contributed by atoms with E-state index in [-0.39, 0.29) is 0 Å². The van der Waals surface area contributed by atoms with Gasteiger partial charge in [-0.2, -0.15) is 0 Å². The number of hydrogen-bond acceptors (Lipinski definition) is 2. The lowest BCUT2D eigenvalue weighted by atomic mass is 10.1. The maximum Gasteiger partial charge on any atom is 0.137 e. The van der Waals surface area contributed by atoms with Crippen LogP contribution >= 0.6 is 11.6 Å². The number of rotatable bonds is 2. The summed E-state index contributed by atoms with van der Waals surface area (Å²) in [6.45, 7) is 2.12. The van der Waals surface area contributed by atoms with E-state index in [1.807, 2.05) is 42.6 Å². The summed E-state index contributed by atoms with van der Waals surface area (Å²) in [4.78, 5) is 4.69. The Morgan fingerprint density at radius 3 is 2.58 bits per heavy atom. The smallest absolute Gasteiger partial charge is 0.137 e. The van der Waals surface area contributed by atoms with Gasteiger partial charge in [-0.05, 0) is 30.7 Å². The topological polar surface area (TPSA) is 43.3 Å². The van der Waals surface area contributed by atoms with Gasteiger partial charge in [0.25, 0.3) is 0 Å². The SMILES string of the molecule is CCc1c(-c2ccc(Cl)cc2)nc2ccc(N)cn12. The molecule has 0 atom stereocenters. The largest absolute Gasteiger partial charge is 0.398 e. The van der Waals surface area contributed by atoms with Gasteiger partial charge in [0, 0.05) is 22.5 Å². The molecule has 19 heavy (non-hydrogen) atoms. The second kappa shape index (κ2) is 4.59. The Labute approximate surface area is 116 Å². The van der Waals surface area contributed by atoms with Crippen LogP contribution < -0.4 is 5.73 Å². The molecule has 0 unspecified atom stereocenters.